The highest BCUT2D eigenvalue weighted by molar-refractivity contribution is 5.89. The highest BCUT2D eigenvalue weighted by atomic mass is 16.7. The molecular weight excluding hydrogens is 532 g/mol. The third-order valence-corrected chi connectivity index (χ3v) is 13.6. The molecule has 7 fully saturated rings. The summed E-state index contributed by atoms with van der Waals surface area (Å²) in [6.07, 6.45) is 6.97. The summed E-state index contributed by atoms with van der Waals surface area (Å²) in [4.78, 5) is 0. The van der Waals surface area contributed by atoms with Crippen LogP contribution in [0.15, 0.2) is 5.10 Å². The summed E-state index contributed by atoms with van der Waals surface area (Å²) in [7, 11) is 1.91. The molecule has 42 heavy (non-hydrogen) atoms. The standard InChI is InChI=1S/C34H56N2O6/c1-8-35-36-26-16-28-19(4)23-15-22(18(3)21-13-14-33(6,37)42-31(39-28)29(21)23)27-12-11-24-17(2)9-10-25-20(5)30(26)41-32(40-27)34(24,25)38-7/h17-25,27-32,35,37H,8-16H2,1-7H3. The van der Waals surface area contributed by atoms with Crippen LogP contribution in [0, 0.1) is 59.2 Å². The number of hydrazone groups is 1. The maximum atomic E-state index is 11.3. The minimum absolute atomic E-state index is 0.0522. The number of aliphatic hydroxyl groups is 1. The van der Waals surface area contributed by atoms with Crippen LogP contribution in [0.5, 0.6) is 0 Å². The largest absolute Gasteiger partial charge is 0.372 e. The van der Waals surface area contributed by atoms with Crippen molar-refractivity contribution in [2.75, 3.05) is 13.7 Å². The first-order valence-corrected chi connectivity index (χ1v) is 17.3. The van der Waals surface area contributed by atoms with Gasteiger partial charge in [-0.05, 0) is 106 Å². The molecule has 7 rings (SSSR count). The van der Waals surface area contributed by atoms with E-state index in [1.54, 1.807) is 0 Å². The van der Waals surface area contributed by atoms with E-state index in [1.807, 2.05) is 14.0 Å². The summed E-state index contributed by atoms with van der Waals surface area (Å²) in [5.41, 5.74) is 3.86. The van der Waals surface area contributed by atoms with E-state index in [1.165, 1.54) is 6.42 Å². The van der Waals surface area contributed by atoms with E-state index in [9.17, 15) is 5.11 Å². The first kappa shape index (κ1) is 29.9. The van der Waals surface area contributed by atoms with Crippen LogP contribution in [0.1, 0.15) is 92.9 Å². The predicted octanol–water partition coefficient (Wildman–Crippen LogP) is 5.33. The Hall–Kier alpha value is -0.770. The minimum atomic E-state index is -1.18. The number of nitrogens with zero attached hydrogens (tertiary/aromatic N) is 1. The fraction of sp³-hybridized carbons (Fsp3) is 0.971. The van der Waals surface area contributed by atoms with Crippen LogP contribution in [-0.2, 0) is 23.7 Å². The molecule has 2 N–H and O–H groups in total. The topological polar surface area (TPSA) is 90.8 Å². The van der Waals surface area contributed by atoms with Crippen LogP contribution in [0.3, 0.4) is 0 Å². The fourth-order valence-corrected chi connectivity index (χ4v) is 11.4. The van der Waals surface area contributed by atoms with Gasteiger partial charge in [0.15, 0.2) is 18.4 Å². The average molecular weight is 589 g/mol. The summed E-state index contributed by atoms with van der Waals surface area (Å²) in [5.74, 6) is 2.77. The van der Waals surface area contributed by atoms with Gasteiger partial charge in [-0.15, -0.1) is 0 Å². The van der Waals surface area contributed by atoms with Crippen LogP contribution >= 0.6 is 0 Å². The quantitative estimate of drug-likeness (QED) is 0.431. The number of hydrogen-bond acceptors (Lipinski definition) is 8. The molecule has 2 aliphatic carbocycles. The SMILES string of the molecule is CCNN=C1CC2OC3OC(C)(O)CCC4C(C)C(CC(C2C)C34)C2CCC3C(C)CCC4C(C)C1OC(O2)C34OC. The Bertz CT molecular complexity index is 1040. The highest BCUT2D eigenvalue weighted by Gasteiger charge is 2.66. The number of nitrogens with one attached hydrogen (secondary N) is 1. The second-order valence-electron chi connectivity index (χ2n) is 15.5. The maximum Gasteiger partial charge on any atom is 0.188 e. The third kappa shape index (κ3) is 4.47. The van der Waals surface area contributed by atoms with Crippen molar-refractivity contribution >= 4 is 5.71 Å². The van der Waals surface area contributed by atoms with Gasteiger partial charge in [-0.25, -0.2) is 0 Å². The summed E-state index contributed by atoms with van der Waals surface area (Å²) >= 11 is 0. The van der Waals surface area contributed by atoms with E-state index in [0.717, 1.165) is 44.4 Å². The fourth-order valence-electron chi connectivity index (χ4n) is 11.4. The van der Waals surface area contributed by atoms with Crippen molar-refractivity contribution in [3.8, 4) is 0 Å². The van der Waals surface area contributed by atoms with Crippen LogP contribution < -0.4 is 5.43 Å². The normalized spacial score (nSPS) is 58.0. The first-order valence-electron chi connectivity index (χ1n) is 17.3. The van der Waals surface area contributed by atoms with Crippen LogP contribution in [0.2, 0.25) is 0 Å². The number of hydrogen-bond donors (Lipinski definition) is 2. The maximum absolute atomic E-state index is 11.3. The van der Waals surface area contributed by atoms with E-state index in [0.29, 0.717) is 60.2 Å². The third-order valence-electron chi connectivity index (χ3n) is 13.6. The van der Waals surface area contributed by atoms with E-state index >= 15 is 0 Å². The molecule has 17 atom stereocenters. The van der Waals surface area contributed by atoms with Gasteiger partial charge in [-0.2, -0.15) is 5.10 Å². The van der Waals surface area contributed by atoms with Crippen molar-refractivity contribution in [1.82, 2.24) is 5.43 Å². The highest BCUT2D eigenvalue weighted by Crippen LogP contribution is 2.61. The number of fused-ring (bicyclic) bond motifs is 5. The van der Waals surface area contributed by atoms with Crippen molar-refractivity contribution in [1.29, 1.82) is 0 Å². The molecule has 5 heterocycles. The minimum Gasteiger partial charge on any atom is -0.372 e. The zero-order chi connectivity index (χ0) is 29.6. The molecular formula is C34H56N2O6. The van der Waals surface area contributed by atoms with E-state index < -0.39 is 24.0 Å². The lowest BCUT2D eigenvalue weighted by Gasteiger charge is -2.60. The Kier molecular flexibility index (Phi) is 7.79. The van der Waals surface area contributed by atoms with Gasteiger partial charge in [-0.3, -0.25) is 0 Å². The second kappa shape index (κ2) is 10.9. The number of rotatable bonds is 3. The van der Waals surface area contributed by atoms with Gasteiger partial charge in [0.05, 0.1) is 17.9 Å². The van der Waals surface area contributed by atoms with Crippen LogP contribution in [0.25, 0.3) is 0 Å². The molecule has 5 saturated heterocycles. The van der Waals surface area contributed by atoms with Crippen molar-refractivity contribution in [2.24, 2.45) is 64.3 Å². The molecule has 2 saturated carbocycles. The average Bonchev–Trinajstić information content (AvgIpc) is 3.21. The van der Waals surface area contributed by atoms with Gasteiger partial charge in [0, 0.05) is 32.4 Å². The van der Waals surface area contributed by atoms with Crippen LogP contribution in [-0.4, -0.2) is 66.8 Å². The molecule has 0 spiro atoms. The molecule has 7 aliphatic rings. The van der Waals surface area contributed by atoms with E-state index in [-0.39, 0.29) is 30.1 Å². The predicted molar refractivity (Wildman–Crippen MR) is 159 cm³/mol. The molecule has 0 amide bonds. The van der Waals surface area contributed by atoms with Crippen molar-refractivity contribution < 1.29 is 28.8 Å². The van der Waals surface area contributed by atoms with Gasteiger partial charge < -0.3 is 34.2 Å². The summed E-state index contributed by atoms with van der Waals surface area (Å²) in [6.45, 7) is 14.3. The van der Waals surface area contributed by atoms with Gasteiger partial charge in [0.2, 0.25) is 0 Å². The Morgan fingerprint density at radius 2 is 1.69 bits per heavy atom. The van der Waals surface area contributed by atoms with Crippen molar-refractivity contribution in [2.45, 2.75) is 135 Å². The Balaban J connectivity index is 1.37. The molecule has 6 bridgehead atoms. The lowest BCUT2D eigenvalue weighted by atomic mass is 9.55. The number of methoxy groups -OCH3 is 1. The summed E-state index contributed by atoms with van der Waals surface area (Å²) in [5, 5.41) is 16.3. The molecule has 8 nitrogen and oxygen atoms in total. The second-order valence-corrected chi connectivity index (χ2v) is 15.5. The van der Waals surface area contributed by atoms with E-state index in [2.05, 4.69) is 40.0 Å². The monoisotopic (exact) mass is 588 g/mol. The van der Waals surface area contributed by atoms with Gasteiger partial charge in [0.1, 0.15) is 11.7 Å². The summed E-state index contributed by atoms with van der Waals surface area (Å²) < 4.78 is 34.6. The summed E-state index contributed by atoms with van der Waals surface area (Å²) in [6, 6.07) is 0. The lowest BCUT2D eigenvalue weighted by Crippen LogP contribution is -2.68. The van der Waals surface area contributed by atoms with Gasteiger partial charge in [-0.1, -0.05) is 27.7 Å². The first-order chi connectivity index (χ1) is 20.1. The molecule has 238 valence electrons. The van der Waals surface area contributed by atoms with Crippen molar-refractivity contribution in [3.05, 3.63) is 0 Å². The smallest absolute Gasteiger partial charge is 0.188 e. The van der Waals surface area contributed by atoms with Crippen LogP contribution in [0.4, 0.5) is 0 Å². The molecule has 17 unspecified atom stereocenters. The van der Waals surface area contributed by atoms with Gasteiger partial charge >= 0.3 is 0 Å². The molecule has 0 radical (unpaired) electrons. The lowest BCUT2D eigenvalue weighted by molar-refractivity contribution is -0.354. The number of ether oxygens (including phenoxy) is 5. The Morgan fingerprint density at radius 3 is 2.45 bits per heavy atom. The molecule has 5 aliphatic heterocycles. The van der Waals surface area contributed by atoms with Gasteiger partial charge in [0.25, 0.3) is 0 Å². The molecule has 0 aromatic rings. The molecule has 0 aromatic carbocycles. The molecule has 0 aromatic heterocycles. The zero-order valence-corrected chi connectivity index (χ0v) is 27.0. The zero-order valence-electron chi connectivity index (χ0n) is 27.0. The Labute approximate surface area is 253 Å². The Morgan fingerprint density at radius 1 is 0.905 bits per heavy atom. The van der Waals surface area contributed by atoms with E-state index in [4.69, 9.17) is 28.8 Å². The molecule has 8 heteroatoms. The van der Waals surface area contributed by atoms with Crippen molar-refractivity contribution in [3.63, 3.8) is 0 Å².